The molecule has 10 heteroatoms. The van der Waals surface area contributed by atoms with Crippen LogP contribution in [0.2, 0.25) is 0 Å². The van der Waals surface area contributed by atoms with Gasteiger partial charge in [0.25, 0.3) is 5.56 Å². The third kappa shape index (κ3) is 4.59. The highest BCUT2D eigenvalue weighted by atomic mass is 19.1. The lowest BCUT2D eigenvalue weighted by atomic mass is 10.0. The molecular weight excluding hydrogens is 449 g/mol. The minimum Gasteiger partial charge on any atom is -0.373 e. The number of fused-ring (bicyclic) bond motifs is 1. The number of carbonyl (C=O) groups excluding carboxylic acids is 1. The summed E-state index contributed by atoms with van der Waals surface area (Å²) in [5.74, 6) is 0.0201. The highest BCUT2D eigenvalue weighted by molar-refractivity contribution is 6.00. The third-order valence-corrected chi connectivity index (χ3v) is 5.78. The molecule has 3 N–H and O–H groups in total. The van der Waals surface area contributed by atoms with Gasteiger partial charge in [0.1, 0.15) is 11.6 Å². The molecule has 0 saturated carbocycles. The van der Waals surface area contributed by atoms with Crippen LogP contribution in [0.3, 0.4) is 0 Å². The van der Waals surface area contributed by atoms with Crippen molar-refractivity contribution >= 4 is 34.1 Å². The summed E-state index contributed by atoms with van der Waals surface area (Å²) in [5.41, 5.74) is 2.29. The summed E-state index contributed by atoms with van der Waals surface area (Å²) in [6, 6.07) is 7.05. The summed E-state index contributed by atoms with van der Waals surface area (Å²) >= 11 is 0. The van der Waals surface area contributed by atoms with E-state index in [0.717, 1.165) is 11.1 Å². The maximum Gasteiger partial charge on any atom is 0.323 e. The summed E-state index contributed by atoms with van der Waals surface area (Å²) in [6.45, 7) is 7.86. The van der Waals surface area contributed by atoms with Gasteiger partial charge in [0.15, 0.2) is 0 Å². The van der Waals surface area contributed by atoms with Crippen LogP contribution in [0.4, 0.5) is 26.4 Å². The van der Waals surface area contributed by atoms with Gasteiger partial charge < -0.3 is 20.5 Å². The molecule has 3 heterocycles. The van der Waals surface area contributed by atoms with Crippen LogP contribution in [0.15, 0.2) is 47.5 Å². The van der Waals surface area contributed by atoms with Crippen molar-refractivity contribution in [3.8, 4) is 11.1 Å². The van der Waals surface area contributed by atoms with Crippen molar-refractivity contribution in [2.75, 3.05) is 23.0 Å². The van der Waals surface area contributed by atoms with E-state index in [-0.39, 0.29) is 16.8 Å². The average Bonchev–Trinajstić information content (AvgIpc) is 3.17. The Labute approximate surface area is 202 Å². The fraction of sp³-hybridized carbons (Fsp3) is 0.280. The van der Waals surface area contributed by atoms with E-state index in [1.807, 2.05) is 27.7 Å². The molecule has 0 atom stereocenters. The van der Waals surface area contributed by atoms with E-state index >= 15 is 0 Å². The Morgan fingerprint density at radius 3 is 2.43 bits per heavy atom. The largest absolute Gasteiger partial charge is 0.373 e. The van der Waals surface area contributed by atoms with Gasteiger partial charge in [0.2, 0.25) is 0 Å². The van der Waals surface area contributed by atoms with Crippen molar-refractivity contribution in [1.29, 1.82) is 0 Å². The number of rotatable bonds is 4. The second-order valence-corrected chi connectivity index (χ2v) is 9.30. The second kappa shape index (κ2) is 8.86. The highest BCUT2D eigenvalue weighted by Crippen LogP contribution is 2.27. The molecule has 0 saturated heterocycles. The molecule has 0 spiro atoms. The normalized spacial score (nSPS) is 11.5. The Balaban J connectivity index is 1.64. The van der Waals surface area contributed by atoms with Crippen molar-refractivity contribution < 1.29 is 9.18 Å². The molecule has 0 aliphatic rings. The van der Waals surface area contributed by atoms with Crippen LogP contribution in [0.5, 0.6) is 0 Å². The van der Waals surface area contributed by atoms with Gasteiger partial charge in [-0.1, -0.05) is 6.07 Å². The number of aromatic nitrogens is 4. The van der Waals surface area contributed by atoms with Crippen LogP contribution >= 0.6 is 0 Å². The number of hydrogen-bond acceptors (Lipinski definition) is 5. The molecule has 3 aromatic heterocycles. The number of benzene rings is 1. The highest BCUT2D eigenvalue weighted by Gasteiger charge is 2.20. The number of carbonyl (C=O) groups is 1. The number of urea groups is 1. The molecule has 0 bridgehead atoms. The van der Waals surface area contributed by atoms with Gasteiger partial charge in [0, 0.05) is 37.3 Å². The second-order valence-electron chi connectivity index (χ2n) is 9.30. The Hall–Kier alpha value is -4.21. The Bertz CT molecular complexity index is 1500. The van der Waals surface area contributed by atoms with Crippen molar-refractivity contribution in [2.24, 2.45) is 7.05 Å². The summed E-state index contributed by atoms with van der Waals surface area (Å²) in [7, 11) is 3.42. The van der Waals surface area contributed by atoms with Crippen molar-refractivity contribution in [3.63, 3.8) is 0 Å². The smallest absolute Gasteiger partial charge is 0.323 e. The summed E-state index contributed by atoms with van der Waals surface area (Å²) in [6.07, 6.45) is 3.22. The molecule has 0 radical (unpaired) electrons. The van der Waals surface area contributed by atoms with E-state index in [9.17, 15) is 14.0 Å². The van der Waals surface area contributed by atoms with Crippen LogP contribution < -0.4 is 21.5 Å². The quantitative estimate of drug-likeness (QED) is 0.396. The number of anilines is 3. The molecule has 4 aromatic rings. The monoisotopic (exact) mass is 477 g/mol. The molecule has 0 aliphatic carbocycles. The molecule has 0 aliphatic heterocycles. The molecule has 2 amide bonds. The van der Waals surface area contributed by atoms with E-state index in [1.165, 1.54) is 22.8 Å². The summed E-state index contributed by atoms with van der Waals surface area (Å²) < 4.78 is 17.9. The fourth-order valence-electron chi connectivity index (χ4n) is 3.98. The number of nitrogens with zero attached hydrogens (tertiary/aromatic N) is 4. The Morgan fingerprint density at radius 1 is 1.06 bits per heavy atom. The molecule has 0 fully saturated rings. The van der Waals surface area contributed by atoms with Crippen molar-refractivity contribution in [2.45, 2.75) is 33.2 Å². The SMILES string of the molecule is CNc1cc2c(cn1)cc(-c1ccc(F)c(NC(=O)Nc3cnn(C(C)(C)C)c3C)c1)c(=O)n2C. The first-order chi connectivity index (χ1) is 16.5. The predicted molar refractivity (Wildman–Crippen MR) is 137 cm³/mol. The summed E-state index contributed by atoms with van der Waals surface area (Å²) in [4.78, 5) is 30.0. The lowest BCUT2D eigenvalue weighted by molar-refractivity contribution is 0.262. The average molecular weight is 478 g/mol. The zero-order valence-corrected chi connectivity index (χ0v) is 20.5. The molecule has 4 rings (SSSR count). The van der Waals surface area contributed by atoms with Gasteiger partial charge in [-0.15, -0.1) is 0 Å². The van der Waals surface area contributed by atoms with E-state index in [1.54, 1.807) is 43.3 Å². The maximum absolute atomic E-state index is 14.6. The fourth-order valence-corrected chi connectivity index (χ4v) is 3.98. The zero-order valence-electron chi connectivity index (χ0n) is 20.5. The topological polar surface area (TPSA) is 106 Å². The van der Waals surface area contributed by atoms with Gasteiger partial charge >= 0.3 is 6.03 Å². The van der Waals surface area contributed by atoms with Crippen LogP contribution in [0.1, 0.15) is 26.5 Å². The first-order valence-corrected chi connectivity index (χ1v) is 11.1. The lowest BCUT2D eigenvalue weighted by Crippen LogP contribution is -2.25. The molecule has 9 nitrogen and oxygen atoms in total. The van der Waals surface area contributed by atoms with E-state index in [4.69, 9.17) is 0 Å². The van der Waals surface area contributed by atoms with Crippen LogP contribution in [0, 0.1) is 12.7 Å². The number of nitrogens with one attached hydrogen (secondary N) is 3. The minimum absolute atomic E-state index is 0.0494. The minimum atomic E-state index is -0.621. The van der Waals surface area contributed by atoms with E-state index < -0.39 is 11.8 Å². The zero-order chi connectivity index (χ0) is 25.5. The molecule has 1 aromatic carbocycles. The number of hydrogen-bond donors (Lipinski definition) is 3. The molecular formula is C25H28FN7O2. The molecule has 35 heavy (non-hydrogen) atoms. The maximum atomic E-state index is 14.6. The number of amides is 2. The van der Waals surface area contributed by atoms with Crippen LogP contribution in [0.25, 0.3) is 22.0 Å². The van der Waals surface area contributed by atoms with Crippen molar-refractivity contribution in [1.82, 2.24) is 19.3 Å². The van der Waals surface area contributed by atoms with Gasteiger partial charge in [0.05, 0.1) is 34.3 Å². The molecule has 182 valence electrons. The van der Waals surface area contributed by atoms with E-state index in [0.29, 0.717) is 28.1 Å². The lowest BCUT2D eigenvalue weighted by Gasteiger charge is -2.21. The summed E-state index contributed by atoms with van der Waals surface area (Å²) in [5, 5.41) is 13.3. The third-order valence-electron chi connectivity index (χ3n) is 5.78. The standard InChI is InChI=1S/C25H28FN7O2/c1-14-20(13-29-33(14)25(2,3)4)31-24(35)30-19-10-15(7-8-18(19)26)17-9-16-12-28-22(27-5)11-21(16)32(6)23(17)34/h7-13H,1-6H3,(H,27,28)(H2,30,31,35). The van der Waals surface area contributed by atoms with Crippen LogP contribution in [-0.4, -0.2) is 32.4 Å². The van der Waals surface area contributed by atoms with Crippen molar-refractivity contribution in [3.05, 3.63) is 64.6 Å². The van der Waals surface area contributed by atoms with Gasteiger partial charge in [-0.2, -0.15) is 5.10 Å². The first-order valence-electron chi connectivity index (χ1n) is 11.1. The first kappa shape index (κ1) is 23.9. The van der Waals surface area contributed by atoms with E-state index in [2.05, 4.69) is 26.0 Å². The van der Waals surface area contributed by atoms with Crippen LogP contribution in [-0.2, 0) is 12.6 Å². The number of pyridine rings is 2. The Morgan fingerprint density at radius 2 is 1.77 bits per heavy atom. The van der Waals surface area contributed by atoms with Gasteiger partial charge in [-0.25, -0.2) is 14.2 Å². The van der Waals surface area contributed by atoms with Gasteiger partial charge in [-0.05, 0) is 51.5 Å². The molecule has 0 unspecified atom stereocenters. The number of aryl methyl sites for hydroxylation is 1. The predicted octanol–water partition coefficient (Wildman–Crippen LogP) is 4.69. The number of halogens is 1. The van der Waals surface area contributed by atoms with Gasteiger partial charge in [-0.3, -0.25) is 9.48 Å². The Kier molecular flexibility index (Phi) is 6.06.